The minimum atomic E-state index is -0.0285. The van der Waals surface area contributed by atoms with E-state index in [-0.39, 0.29) is 18.6 Å². The second-order valence-corrected chi connectivity index (χ2v) is 4.47. The van der Waals surface area contributed by atoms with Gasteiger partial charge in [0.05, 0.1) is 5.69 Å². The van der Waals surface area contributed by atoms with Gasteiger partial charge in [-0.2, -0.15) is 0 Å². The zero-order valence-electron chi connectivity index (χ0n) is 11.3. The molecule has 1 amide bonds. The van der Waals surface area contributed by atoms with Crippen LogP contribution in [0.15, 0.2) is 24.3 Å². The first kappa shape index (κ1) is 14.4. The molecule has 100 valence electrons. The summed E-state index contributed by atoms with van der Waals surface area (Å²) < 4.78 is 5.43. The van der Waals surface area contributed by atoms with Crippen molar-refractivity contribution in [1.29, 1.82) is 0 Å². The molecule has 0 saturated heterocycles. The molecule has 0 fully saturated rings. The van der Waals surface area contributed by atoms with Crippen molar-refractivity contribution in [2.45, 2.75) is 32.7 Å². The molecule has 0 radical (unpaired) electrons. The van der Waals surface area contributed by atoms with Gasteiger partial charge in [0.15, 0.2) is 6.61 Å². The summed E-state index contributed by atoms with van der Waals surface area (Å²) in [4.78, 5) is 13.6. The van der Waals surface area contributed by atoms with Gasteiger partial charge < -0.3 is 15.4 Å². The predicted octanol–water partition coefficient (Wildman–Crippen LogP) is 2.29. The van der Waals surface area contributed by atoms with Gasteiger partial charge in [-0.15, -0.1) is 0 Å². The topological polar surface area (TPSA) is 55.6 Å². The smallest absolute Gasteiger partial charge is 0.260 e. The molecule has 0 aliphatic rings. The third-order valence-electron chi connectivity index (χ3n) is 3.03. The summed E-state index contributed by atoms with van der Waals surface area (Å²) in [5.74, 6) is 0.529. The first-order valence-electron chi connectivity index (χ1n) is 6.29. The quantitative estimate of drug-likeness (QED) is 0.788. The van der Waals surface area contributed by atoms with Crippen LogP contribution < -0.4 is 10.5 Å². The Balaban J connectivity index is 2.48. The van der Waals surface area contributed by atoms with Crippen LogP contribution in [0.2, 0.25) is 0 Å². The van der Waals surface area contributed by atoms with Gasteiger partial charge in [-0.1, -0.05) is 25.5 Å². The van der Waals surface area contributed by atoms with Gasteiger partial charge >= 0.3 is 0 Å². The Kier molecular flexibility index (Phi) is 5.49. The first-order chi connectivity index (χ1) is 8.56. The molecule has 2 N–H and O–H groups in total. The van der Waals surface area contributed by atoms with Gasteiger partial charge in [0.2, 0.25) is 0 Å². The van der Waals surface area contributed by atoms with E-state index in [1.165, 1.54) is 0 Å². The summed E-state index contributed by atoms with van der Waals surface area (Å²) >= 11 is 0. The number of para-hydroxylation sites is 2. The molecule has 0 spiro atoms. The van der Waals surface area contributed by atoms with Crippen molar-refractivity contribution in [3.8, 4) is 5.75 Å². The summed E-state index contributed by atoms with van der Waals surface area (Å²) in [6.45, 7) is 4.17. The molecule has 0 aliphatic heterocycles. The Morgan fingerprint density at radius 1 is 1.44 bits per heavy atom. The number of carbonyl (C=O) groups is 1. The maximum Gasteiger partial charge on any atom is 0.260 e. The maximum absolute atomic E-state index is 11.9. The molecular weight excluding hydrogens is 228 g/mol. The van der Waals surface area contributed by atoms with E-state index in [0.717, 1.165) is 12.8 Å². The number of rotatable bonds is 6. The van der Waals surface area contributed by atoms with Crippen LogP contribution in [-0.4, -0.2) is 30.5 Å². The van der Waals surface area contributed by atoms with E-state index in [1.54, 1.807) is 24.1 Å². The Bertz CT molecular complexity index is 393. The molecule has 18 heavy (non-hydrogen) atoms. The molecule has 4 heteroatoms. The minimum absolute atomic E-state index is 0.0266. The van der Waals surface area contributed by atoms with E-state index in [1.807, 2.05) is 19.1 Å². The molecule has 1 aromatic rings. The molecule has 0 saturated carbocycles. The number of amides is 1. The second kappa shape index (κ2) is 6.89. The third-order valence-corrected chi connectivity index (χ3v) is 3.03. The van der Waals surface area contributed by atoms with E-state index < -0.39 is 0 Å². The van der Waals surface area contributed by atoms with E-state index in [9.17, 15) is 4.79 Å². The fourth-order valence-corrected chi connectivity index (χ4v) is 1.71. The fourth-order valence-electron chi connectivity index (χ4n) is 1.71. The van der Waals surface area contributed by atoms with E-state index in [0.29, 0.717) is 11.4 Å². The SMILES string of the molecule is CCCC(C)N(C)C(=O)COc1ccccc1N. The highest BCUT2D eigenvalue weighted by Gasteiger charge is 2.15. The predicted molar refractivity (Wildman–Crippen MR) is 73.5 cm³/mol. The van der Waals surface area contributed by atoms with Gasteiger partial charge in [-0.05, 0) is 25.5 Å². The lowest BCUT2D eigenvalue weighted by atomic mass is 10.2. The number of ether oxygens (including phenoxy) is 1. The zero-order chi connectivity index (χ0) is 13.5. The van der Waals surface area contributed by atoms with Crippen molar-refractivity contribution < 1.29 is 9.53 Å². The molecule has 0 heterocycles. The molecule has 0 aliphatic carbocycles. The van der Waals surface area contributed by atoms with Crippen molar-refractivity contribution in [2.75, 3.05) is 19.4 Å². The Morgan fingerprint density at radius 2 is 2.11 bits per heavy atom. The Labute approximate surface area is 109 Å². The number of nitrogens with two attached hydrogens (primary N) is 1. The number of anilines is 1. The standard InChI is InChI=1S/C14H22N2O2/c1-4-7-11(2)16(3)14(17)10-18-13-9-6-5-8-12(13)15/h5-6,8-9,11H,4,7,10,15H2,1-3H3. The third kappa shape index (κ3) is 3.95. The van der Waals surface area contributed by atoms with Gasteiger partial charge in [0.25, 0.3) is 5.91 Å². The van der Waals surface area contributed by atoms with Gasteiger partial charge in [-0.3, -0.25) is 4.79 Å². The van der Waals surface area contributed by atoms with Crippen LogP contribution >= 0.6 is 0 Å². The van der Waals surface area contributed by atoms with Gasteiger partial charge in [-0.25, -0.2) is 0 Å². The lowest BCUT2D eigenvalue weighted by Gasteiger charge is -2.24. The van der Waals surface area contributed by atoms with E-state index >= 15 is 0 Å². The summed E-state index contributed by atoms with van der Waals surface area (Å²) in [5, 5.41) is 0. The maximum atomic E-state index is 11.9. The molecular formula is C14H22N2O2. The zero-order valence-corrected chi connectivity index (χ0v) is 11.3. The van der Waals surface area contributed by atoms with Crippen molar-refractivity contribution in [1.82, 2.24) is 4.90 Å². The van der Waals surface area contributed by atoms with E-state index in [4.69, 9.17) is 10.5 Å². The molecule has 0 bridgehead atoms. The number of nitrogen functional groups attached to an aromatic ring is 1. The number of carbonyl (C=O) groups excluding carboxylic acids is 1. The number of benzene rings is 1. The first-order valence-corrected chi connectivity index (χ1v) is 6.29. The van der Waals surface area contributed by atoms with Gasteiger partial charge in [0.1, 0.15) is 5.75 Å². The van der Waals surface area contributed by atoms with Crippen LogP contribution in [0.1, 0.15) is 26.7 Å². The lowest BCUT2D eigenvalue weighted by molar-refractivity contribution is -0.133. The van der Waals surface area contributed by atoms with Crippen molar-refractivity contribution in [3.63, 3.8) is 0 Å². The summed E-state index contributed by atoms with van der Waals surface area (Å²) in [6.07, 6.45) is 2.06. The van der Waals surface area contributed by atoms with Crippen molar-refractivity contribution >= 4 is 11.6 Å². The van der Waals surface area contributed by atoms with Crippen LogP contribution in [0, 0.1) is 0 Å². The fraction of sp³-hybridized carbons (Fsp3) is 0.500. The molecule has 1 aromatic carbocycles. The molecule has 1 rings (SSSR count). The van der Waals surface area contributed by atoms with Crippen molar-refractivity contribution in [3.05, 3.63) is 24.3 Å². The second-order valence-electron chi connectivity index (χ2n) is 4.47. The number of hydrogen-bond acceptors (Lipinski definition) is 3. The summed E-state index contributed by atoms with van der Waals surface area (Å²) in [5.41, 5.74) is 6.29. The Hall–Kier alpha value is -1.71. The number of nitrogens with zero attached hydrogens (tertiary/aromatic N) is 1. The number of likely N-dealkylation sites (N-methyl/N-ethyl adjacent to an activating group) is 1. The van der Waals surface area contributed by atoms with Gasteiger partial charge in [0, 0.05) is 13.1 Å². The monoisotopic (exact) mass is 250 g/mol. The highest BCUT2D eigenvalue weighted by Crippen LogP contribution is 2.19. The van der Waals surface area contributed by atoms with Crippen molar-refractivity contribution in [2.24, 2.45) is 0 Å². The largest absolute Gasteiger partial charge is 0.482 e. The molecule has 1 atom stereocenters. The minimum Gasteiger partial charge on any atom is -0.482 e. The highest BCUT2D eigenvalue weighted by atomic mass is 16.5. The summed E-state index contributed by atoms with van der Waals surface area (Å²) in [7, 11) is 1.81. The molecule has 4 nitrogen and oxygen atoms in total. The average Bonchev–Trinajstić information content (AvgIpc) is 2.36. The molecule has 0 aromatic heterocycles. The molecule has 1 unspecified atom stereocenters. The van der Waals surface area contributed by atoms with E-state index in [2.05, 4.69) is 6.92 Å². The van der Waals surface area contributed by atoms with Crippen LogP contribution in [0.5, 0.6) is 5.75 Å². The normalized spacial score (nSPS) is 11.9. The van der Waals surface area contributed by atoms with Crippen LogP contribution in [0.3, 0.4) is 0 Å². The van der Waals surface area contributed by atoms with Crippen LogP contribution in [0.25, 0.3) is 0 Å². The van der Waals surface area contributed by atoms with Crippen LogP contribution in [0.4, 0.5) is 5.69 Å². The Morgan fingerprint density at radius 3 is 2.72 bits per heavy atom. The highest BCUT2D eigenvalue weighted by molar-refractivity contribution is 5.78. The van der Waals surface area contributed by atoms with Crippen LogP contribution in [-0.2, 0) is 4.79 Å². The average molecular weight is 250 g/mol. The number of hydrogen-bond donors (Lipinski definition) is 1. The summed E-state index contributed by atoms with van der Waals surface area (Å²) in [6, 6.07) is 7.42. The lowest BCUT2D eigenvalue weighted by Crippen LogP contribution is -2.38.